The first-order chi connectivity index (χ1) is 12.0. The number of carbonyl (C=O) groups excluding carboxylic acids is 2. The number of carbonyl (C=O) groups is 2. The van der Waals surface area contributed by atoms with Gasteiger partial charge in [-0.05, 0) is 41.4 Å². The molecule has 26 heavy (non-hydrogen) atoms. The fourth-order valence-corrected chi connectivity index (χ4v) is 3.76. The average Bonchev–Trinajstić information content (AvgIpc) is 2.69. The molecule has 1 aliphatic heterocycles. The van der Waals surface area contributed by atoms with E-state index >= 15 is 0 Å². The first-order valence-electron chi connectivity index (χ1n) is 8.93. The Hall–Kier alpha value is -1.41. The van der Waals surface area contributed by atoms with Crippen molar-refractivity contribution < 1.29 is 9.59 Å². The van der Waals surface area contributed by atoms with Gasteiger partial charge in [0.05, 0.1) is 17.8 Å². The van der Waals surface area contributed by atoms with Gasteiger partial charge in [-0.3, -0.25) is 9.59 Å². The second-order valence-electron chi connectivity index (χ2n) is 8.29. The lowest BCUT2D eigenvalue weighted by atomic mass is 9.85. The highest BCUT2D eigenvalue weighted by atomic mass is 79.9. The molecule has 0 saturated carbocycles. The number of imidazole rings is 1. The first kappa shape index (κ1) is 20.9. The Balaban J connectivity index is 2.18. The molecular formula is C18H30BrN5O2. The molecule has 1 aromatic heterocycles. The zero-order valence-corrected chi connectivity index (χ0v) is 18.2. The maximum absolute atomic E-state index is 12.7. The van der Waals surface area contributed by atoms with E-state index in [1.165, 1.54) is 4.90 Å². The quantitative estimate of drug-likeness (QED) is 0.792. The van der Waals surface area contributed by atoms with Crippen molar-refractivity contribution in [2.24, 2.45) is 5.41 Å². The predicted octanol–water partition coefficient (Wildman–Crippen LogP) is 1.64. The van der Waals surface area contributed by atoms with Crippen molar-refractivity contribution in [1.82, 2.24) is 24.7 Å². The Morgan fingerprint density at radius 1 is 1.31 bits per heavy atom. The van der Waals surface area contributed by atoms with Crippen molar-refractivity contribution in [1.29, 1.82) is 0 Å². The number of hydrogen-bond acceptors (Lipinski definition) is 4. The third kappa shape index (κ3) is 4.85. The van der Waals surface area contributed by atoms with Gasteiger partial charge < -0.3 is 19.7 Å². The van der Waals surface area contributed by atoms with Crippen molar-refractivity contribution in [3.05, 3.63) is 16.1 Å². The second-order valence-corrected chi connectivity index (χ2v) is 9.00. The van der Waals surface area contributed by atoms with Crippen LogP contribution in [0.25, 0.3) is 0 Å². The molecule has 0 radical (unpaired) electrons. The van der Waals surface area contributed by atoms with Crippen LogP contribution in [0.2, 0.25) is 0 Å². The fourth-order valence-electron chi connectivity index (χ4n) is 3.15. The lowest BCUT2D eigenvalue weighted by Crippen LogP contribution is -2.53. The number of amides is 2. The lowest BCUT2D eigenvalue weighted by Gasteiger charge is -2.32. The number of fused-ring (bicyclic) bond motifs is 1. The van der Waals surface area contributed by atoms with Crippen LogP contribution in [0.3, 0.4) is 0 Å². The number of nitrogens with zero attached hydrogens (tertiary/aromatic N) is 4. The molecule has 2 amide bonds. The van der Waals surface area contributed by atoms with E-state index < -0.39 is 6.04 Å². The van der Waals surface area contributed by atoms with Crippen molar-refractivity contribution in [2.45, 2.75) is 52.7 Å². The summed E-state index contributed by atoms with van der Waals surface area (Å²) < 4.78 is 2.90. The summed E-state index contributed by atoms with van der Waals surface area (Å²) in [7, 11) is 5.48. The Morgan fingerprint density at radius 3 is 2.54 bits per heavy atom. The summed E-state index contributed by atoms with van der Waals surface area (Å²) in [6.45, 7) is 8.52. The third-order valence-corrected chi connectivity index (χ3v) is 5.24. The molecule has 0 aromatic carbocycles. The van der Waals surface area contributed by atoms with Crippen LogP contribution >= 0.6 is 15.9 Å². The smallest absolute Gasteiger partial charge is 0.245 e. The van der Waals surface area contributed by atoms with Gasteiger partial charge in [0, 0.05) is 27.2 Å². The summed E-state index contributed by atoms with van der Waals surface area (Å²) in [6, 6.07) is -0.572. The zero-order valence-electron chi connectivity index (χ0n) is 16.6. The molecule has 0 aliphatic carbocycles. The monoisotopic (exact) mass is 427 g/mol. The van der Waals surface area contributed by atoms with Crippen LogP contribution in [-0.2, 0) is 29.1 Å². The van der Waals surface area contributed by atoms with Gasteiger partial charge >= 0.3 is 0 Å². The van der Waals surface area contributed by atoms with Crippen molar-refractivity contribution in [3.63, 3.8) is 0 Å². The molecule has 2 heterocycles. The molecule has 1 aromatic rings. The van der Waals surface area contributed by atoms with Crippen LogP contribution in [0.4, 0.5) is 0 Å². The highest BCUT2D eigenvalue weighted by Crippen LogP contribution is 2.23. The van der Waals surface area contributed by atoms with Crippen LogP contribution in [0.15, 0.2) is 4.73 Å². The van der Waals surface area contributed by atoms with Gasteiger partial charge in [0.25, 0.3) is 0 Å². The van der Waals surface area contributed by atoms with Crippen LogP contribution in [0.5, 0.6) is 0 Å². The Bertz CT molecular complexity index is 678. The van der Waals surface area contributed by atoms with Gasteiger partial charge in [0.2, 0.25) is 11.8 Å². The number of likely N-dealkylation sites (N-methyl/N-ethyl adjacent to an activating group) is 1. The highest BCUT2D eigenvalue weighted by Gasteiger charge is 2.34. The van der Waals surface area contributed by atoms with Gasteiger partial charge in [0.1, 0.15) is 6.04 Å². The highest BCUT2D eigenvalue weighted by molar-refractivity contribution is 9.10. The van der Waals surface area contributed by atoms with E-state index in [0.717, 1.165) is 42.2 Å². The van der Waals surface area contributed by atoms with Gasteiger partial charge in [-0.2, -0.15) is 0 Å². The Morgan fingerprint density at radius 2 is 1.96 bits per heavy atom. The van der Waals surface area contributed by atoms with E-state index in [1.807, 2.05) is 20.8 Å². The molecule has 0 fully saturated rings. The summed E-state index contributed by atoms with van der Waals surface area (Å²) in [6.07, 6.45) is 1.22. The molecule has 8 heteroatoms. The van der Waals surface area contributed by atoms with Crippen molar-refractivity contribution >= 4 is 27.7 Å². The Labute approximate surface area is 164 Å². The summed E-state index contributed by atoms with van der Waals surface area (Å²) >= 11 is 3.51. The number of halogens is 1. The number of hydrogen-bond donors (Lipinski definition) is 1. The van der Waals surface area contributed by atoms with E-state index in [9.17, 15) is 9.59 Å². The number of aromatic nitrogens is 2. The predicted molar refractivity (Wildman–Crippen MR) is 105 cm³/mol. The van der Waals surface area contributed by atoms with Crippen molar-refractivity contribution in [2.75, 3.05) is 27.7 Å². The molecule has 0 unspecified atom stereocenters. The molecule has 0 spiro atoms. The minimum Gasteiger partial charge on any atom is -0.347 e. The second kappa shape index (κ2) is 8.08. The van der Waals surface area contributed by atoms with Crippen molar-refractivity contribution in [3.8, 4) is 0 Å². The SMILES string of the molecule is CN1CCCn2c(Br)nc(CC(=O)N[C@H](C(=O)N(C)C)C(C)(C)C)c2C1. The number of rotatable bonds is 4. The standard InChI is InChI=1S/C18H30BrN5O2/c1-18(2,3)15(16(26)22(4)5)21-14(25)10-12-13-11-23(6)8-7-9-24(13)17(19)20-12/h15H,7-11H2,1-6H3,(H,21,25)/t15-/m1/s1. The van der Waals surface area contributed by atoms with E-state index in [-0.39, 0.29) is 23.7 Å². The minimum absolute atomic E-state index is 0.101. The Kier molecular flexibility index (Phi) is 6.50. The molecule has 1 atom stereocenters. The zero-order chi connectivity index (χ0) is 19.6. The fraction of sp³-hybridized carbons (Fsp3) is 0.722. The summed E-state index contributed by atoms with van der Waals surface area (Å²) in [5.74, 6) is -0.282. The van der Waals surface area contributed by atoms with Gasteiger partial charge in [-0.25, -0.2) is 4.98 Å². The molecule has 2 rings (SSSR count). The van der Waals surface area contributed by atoms with E-state index in [2.05, 4.69) is 42.7 Å². The molecule has 1 N–H and O–H groups in total. The molecule has 0 bridgehead atoms. The first-order valence-corrected chi connectivity index (χ1v) is 9.73. The van der Waals surface area contributed by atoms with E-state index in [0.29, 0.717) is 0 Å². The minimum atomic E-state index is -0.572. The largest absolute Gasteiger partial charge is 0.347 e. The van der Waals surface area contributed by atoms with Crippen LogP contribution in [-0.4, -0.2) is 64.9 Å². The number of nitrogens with one attached hydrogen (secondary N) is 1. The third-order valence-electron chi connectivity index (χ3n) is 4.64. The molecular weight excluding hydrogens is 398 g/mol. The normalized spacial score (nSPS) is 16.6. The van der Waals surface area contributed by atoms with Gasteiger partial charge in [-0.1, -0.05) is 20.8 Å². The lowest BCUT2D eigenvalue weighted by molar-refractivity contribution is -0.137. The van der Waals surface area contributed by atoms with E-state index in [1.54, 1.807) is 14.1 Å². The summed E-state index contributed by atoms with van der Waals surface area (Å²) in [4.78, 5) is 33.5. The van der Waals surface area contributed by atoms with Crippen LogP contribution in [0.1, 0.15) is 38.6 Å². The maximum Gasteiger partial charge on any atom is 0.245 e. The van der Waals surface area contributed by atoms with Crippen LogP contribution < -0.4 is 5.32 Å². The summed E-state index contributed by atoms with van der Waals surface area (Å²) in [5.41, 5.74) is 1.47. The van der Waals surface area contributed by atoms with Crippen LogP contribution in [0, 0.1) is 5.41 Å². The topological polar surface area (TPSA) is 70.5 Å². The van der Waals surface area contributed by atoms with E-state index in [4.69, 9.17) is 0 Å². The molecule has 146 valence electrons. The van der Waals surface area contributed by atoms with Gasteiger partial charge in [-0.15, -0.1) is 0 Å². The molecule has 7 nitrogen and oxygen atoms in total. The molecule has 0 saturated heterocycles. The maximum atomic E-state index is 12.7. The summed E-state index contributed by atoms with van der Waals surface area (Å²) in [5, 5.41) is 2.92. The average molecular weight is 428 g/mol. The molecule has 1 aliphatic rings. The van der Waals surface area contributed by atoms with Gasteiger partial charge in [0.15, 0.2) is 4.73 Å².